The van der Waals surface area contributed by atoms with Gasteiger partial charge < -0.3 is 15.4 Å². The minimum atomic E-state index is -0.836. The second kappa shape index (κ2) is 11.5. The van der Waals surface area contributed by atoms with Crippen molar-refractivity contribution in [2.75, 3.05) is 5.88 Å². The molecular formula is C24H27ClN2O4. The number of hydrogen-bond acceptors (Lipinski definition) is 4. The Labute approximate surface area is 187 Å². The number of nitrogens with one attached hydrogen (secondary N) is 2. The fourth-order valence-corrected chi connectivity index (χ4v) is 3.37. The molecule has 2 amide bonds. The monoisotopic (exact) mass is 442 g/mol. The summed E-state index contributed by atoms with van der Waals surface area (Å²) in [5.74, 6) is -1.18. The van der Waals surface area contributed by atoms with Crippen LogP contribution in [0.2, 0.25) is 0 Å². The highest BCUT2D eigenvalue weighted by atomic mass is 35.5. The van der Waals surface area contributed by atoms with Crippen LogP contribution in [0.4, 0.5) is 0 Å². The number of alkyl halides is 1. The van der Waals surface area contributed by atoms with E-state index < -0.39 is 29.9 Å². The Morgan fingerprint density at radius 1 is 0.903 bits per heavy atom. The predicted octanol–water partition coefficient (Wildman–Crippen LogP) is 2.98. The SMILES string of the molecule is O=C(CCl)N[C@H](Cc1ccccc1)C(=O)N[C@H](CC1CC1)C(=O)OCc1ccccc1. The Bertz CT molecular complexity index is 872. The average molecular weight is 443 g/mol. The summed E-state index contributed by atoms with van der Waals surface area (Å²) in [6.07, 6.45) is 2.90. The van der Waals surface area contributed by atoms with Gasteiger partial charge in [-0.2, -0.15) is 0 Å². The molecule has 2 aromatic carbocycles. The fraction of sp³-hybridized carbons (Fsp3) is 0.375. The third-order valence-electron chi connectivity index (χ3n) is 5.15. The fourth-order valence-electron chi connectivity index (χ4n) is 3.29. The first-order valence-corrected chi connectivity index (χ1v) is 11.0. The number of carbonyl (C=O) groups is 3. The van der Waals surface area contributed by atoms with Gasteiger partial charge in [-0.3, -0.25) is 9.59 Å². The highest BCUT2D eigenvalue weighted by molar-refractivity contribution is 6.27. The average Bonchev–Trinajstić information content (AvgIpc) is 3.62. The van der Waals surface area contributed by atoms with Crippen LogP contribution in [0.1, 0.15) is 30.4 Å². The van der Waals surface area contributed by atoms with E-state index in [9.17, 15) is 14.4 Å². The van der Waals surface area contributed by atoms with Crippen molar-refractivity contribution in [1.29, 1.82) is 0 Å². The molecule has 0 spiro atoms. The summed E-state index contributed by atoms with van der Waals surface area (Å²) in [5.41, 5.74) is 1.77. The van der Waals surface area contributed by atoms with Gasteiger partial charge in [0.1, 0.15) is 24.6 Å². The van der Waals surface area contributed by atoms with Gasteiger partial charge in [0.15, 0.2) is 0 Å². The summed E-state index contributed by atoms with van der Waals surface area (Å²) in [6.45, 7) is 0.146. The molecule has 2 aromatic rings. The van der Waals surface area contributed by atoms with E-state index in [1.807, 2.05) is 60.7 Å². The second-order valence-corrected chi connectivity index (χ2v) is 8.04. The maximum atomic E-state index is 13.0. The molecule has 7 heteroatoms. The van der Waals surface area contributed by atoms with E-state index in [1.165, 1.54) is 0 Å². The van der Waals surface area contributed by atoms with E-state index >= 15 is 0 Å². The van der Waals surface area contributed by atoms with Crippen LogP contribution in [-0.2, 0) is 32.1 Å². The van der Waals surface area contributed by atoms with Crippen LogP contribution in [0.15, 0.2) is 60.7 Å². The lowest BCUT2D eigenvalue weighted by atomic mass is 10.0. The first-order chi connectivity index (χ1) is 15.0. The number of rotatable bonds is 11. The van der Waals surface area contributed by atoms with Crippen molar-refractivity contribution in [3.05, 3.63) is 71.8 Å². The van der Waals surface area contributed by atoms with Gasteiger partial charge in [0, 0.05) is 6.42 Å². The van der Waals surface area contributed by atoms with Gasteiger partial charge >= 0.3 is 5.97 Å². The van der Waals surface area contributed by atoms with Crippen molar-refractivity contribution in [3.63, 3.8) is 0 Å². The zero-order chi connectivity index (χ0) is 22.1. The highest BCUT2D eigenvalue weighted by Gasteiger charge is 2.33. The van der Waals surface area contributed by atoms with Crippen LogP contribution >= 0.6 is 11.6 Å². The van der Waals surface area contributed by atoms with E-state index in [-0.39, 0.29) is 12.5 Å². The van der Waals surface area contributed by atoms with Crippen molar-refractivity contribution in [2.45, 2.75) is 44.4 Å². The highest BCUT2D eigenvalue weighted by Crippen LogP contribution is 2.33. The molecule has 0 heterocycles. The van der Waals surface area contributed by atoms with Gasteiger partial charge in [0.05, 0.1) is 0 Å². The van der Waals surface area contributed by atoms with Crippen LogP contribution in [0.25, 0.3) is 0 Å². The lowest BCUT2D eigenvalue weighted by Gasteiger charge is -2.23. The van der Waals surface area contributed by atoms with Crippen molar-refractivity contribution in [2.24, 2.45) is 5.92 Å². The summed E-state index contributed by atoms with van der Waals surface area (Å²) in [5, 5.41) is 5.45. The molecule has 2 atom stereocenters. The van der Waals surface area contributed by atoms with Gasteiger partial charge in [-0.05, 0) is 23.5 Å². The number of halogens is 1. The number of amides is 2. The van der Waals surface area contributed by atoms with E-state index in [4.69, 9.17) is 16.3 Å². The van der Waals surface area contributed by atoms with Crippen LogP contribution in [0, 0.1) is 5.92 Å². The van der Waals surface area contributed by atoms with Crippen LogP contribution in [0.5, 0.6) is 0 Å². The number of esters is 1. The molecule has 31 heavy (non-hydrogen) atoms. The Kier molecular flexibility index (Phi) is 8.47. The topological polar surface area (TPSA) is 84.5 Å². The van der Waals surface area contributed by atoms with Crippen molar-refractivity contribution >= 4 is 29.4 Å². The van der Waals surface area contributed by atoms with E-state index in [0.29, 0.717) is 18.8 Å². The van der Waals surface area contributed by atoms with Crippen molar-refractivity contribution < 1.29 is 19.1 Å². The Balaban J connectivity index is 1.65. The van der Waals surface area contributed by atoms with Gasteiger partial charge in [-0.1, -0.05) is 73.5 Å². The lowest BCUT2D eigenvalue weighted by Crippen LogP contribution is -2.53. The molecule has 1 fully saturated rings. The molecule has 1 aliphatic carbocycles. The van der Waals surface area contributed by atoms with Crippen LogP contribution < -0.4 is 10.6 Å². The zero-order valence-electron chi connectivity index (χ0n) is 17.3. The van der Waals surface area contributed by atoms with E-state index in [0.717, 1.165) is 24.0 Å². The Morgan fingerprint density at radius 2 is 1.52 bits per heavy atom. The molecule has 164 valence electrons. The summed E-state index contributed by atoms with van der Waals surface area (Å²) in [4.78, 5) is 37.6. The number of ether oxygens (including phenoxy) is 1. The summed E-state index contributed by atoms with van der Waals surface area (Å²) < 4.78 is 5.46. The van der Waals surface area contributed by atoms with Crippen molar-refractivity contribution in [1.82, 2.24) is 10.6 Å². The molecule has 3 rings (SSSR count). The molecular weight excluding hydrogens is 416 g/mol. The maximum absolute atomic E-state index is 13.0. The molecule has 1 aliphatic rings. The summed E-state index contributed by atoms with van der Waals surface area (Å²) in [6, 6.07) is 17.2. The number of carbonyl (C=O) groups excluding carboxylic acids is 3. The molecule has 1 saturated carbocycles. The van der Waals surface area contributed by atoms with Gasteiger partial charge in [0.25, 0.3) is 0 Å². The number of benzene rings is 2. The molecule has 0 unspecified atom stereocenters. The predicted molar refractivity (Wildman–Crippen MR) is 118 cm³/mol. The molecule has 6 nitrogen and oxygen atoms in total. The summed E-state index contributed by atoms with van der Waals surface area (Å²) in [7, 11) is 0. The van der Waals surface area contributed by atoms with Gasteiger partial charge in [-0.25, -0.2) is 4.79 Å². The molecule has 0 aliphatic heterocycles. The third kappa shape index (κ3) is 7.72. The van der Waals surface area contributed by atoms with Crippen LogP contribution in [-0.4, -0.2) is 35.7 Å². The first kappa shape index (κ1) is 22.8. The lowest BCUT2D eigenvalue weighted by molar-refractivity contribution is -0.149. The minimum absolute atomic E-state index is 0.146. The molecule has 0 saturated heterocycles. The number of hydrogen-bond donors (Lipinski definition) is 2. The standard InChI is InChI=1S/C24H27ClN2O4/c25-15-22(28)26-20(13-17-7-3-1-4-8-17)23(29)27-21(14-18-11-12-18)24(30)31-16-19-9-5-2-6-10-19/h1-10,18,20-21H,11-16H2,(H,26,28)(H,27,29)/t20-,21-/m1/s1. The van der Waals surface area contributed by atoms with Crippen molar-refractivity contribution in [3.8, 4) is 0 Å². The van der Waals surface area contributed by atoms with Crippen LogP contribution in [0.3, 0.4) is 0 Å². The summed E-state index contributed by atoms with van der Waals surface area (Å²) >= 11 is 5.62. The van der Waals surface area contributed by atoms with Gasteiger partial charge in [-0.15, -0.1) is 11.6 Å². The quantitative estimate of drug-likeness (QED) is 0.414. The Hall–Kier alpha value is -2.86. The smallest absolute Gasteiger partial charge is 0.328 e. The molecule has 2 N–H and O–H groups in total. The zero-order valence-corrected chi connectivity index (χ0v) is 18.0. The Morgan fingerprint density at radius 3 is 2.10 bits per heavy atom. The second-order valence-electron chi connectivity index (χ2n) is 7.78. The third-order valence-corrected chi connectivity index (χ3v) is 5.39. The van der Waals surface area contributed by atoms with E-state index in [1.54, 1.807) is 0 Å². The molecule has 0 radical (unpaired) electrons. The largest absolute Gasteiger partial charge is 0.459 e. The first-order valence-electron chi connectivity index (χ1n) is 10.5. The minimum Gasteiger partial charge on any atom is -0.459 e. The van der Waals surface area contributed by atoms with Gasteiger partial charge in [0.2, 0.25) is 11.8 Å². The van der Waals surface area contributed by atoms with E-state index in [2.05, 4.69) is 10.6 Å². The molecule has 0 aromatic heterocycles. The molecule has 0 bridgehead atoms. The maximum Gasteiger partial charge on any atom is 0.328 e. The normalized spacial score (nSPS) is 14.9.